The Balaban J connectivity index is 2.80. The lowest BCUT2D eigenvalue weighted by atomic mass is 9.99. The summed E-state index contributed by atoms with van der Waals surface area (Å²) in [5.41, 5.74) is 6.33. The van der Waals surface area contributed by atoms with Gasteiger partial charge in [-0.1, -0.05) is 44.2 Å². The quantitative estimate of drug-likeness (QED) is 0.243. The minimum Gasteiger partial charge on any atom is -0.463 e. The zero-order valence-electron chi connectivity index (χ0n) is 18.4. The number of hydrogen-bond donors (Lipinski definition) is 3. The van der Waals surface area contributed by atoms with Crippen LogP contribution in [-0.4, -0.2) is 49.5 Å². The highest BCUT2D eigenvalue weighted by atomic mass is 16.5. The summed E-state index contributed by atoms with van der Waals surface area (Å²) in [4.78, 5) is 49.0. The van der Waals surface area contributed by atoms with E-state index < -0.39 is 35.8 Å². The number of alkyl carbamates (subject to hydrolysis) is 1. The van der Waals surface area contributed by atoms with E-state index in [0.717, 1.165) is 12.7 Å². The number of amides is 2. The van der Waals surface area contributed by atoms with Gasteiger partial charge < -0.3 is 25.8 Å². The van der Waals surface area contributed by atoms with Crippen LogP contribution in [0.15, 0.2) is 30.3 Å². The van der Waals surface area contributed by atoms with Crippen molar-refractivity contribution in [1.82, 2.24) is 10.6 Å². The summed E-state index contributed by atoms with van der Waals surface area (Å²) in [5.74, 6) is -2.40. The van der Waals surface area contributed by atoms with Crippen molar-refractivity contribution in [1.29, 1.82) is 0 Å². The van der Waals surface area contributed by atoms with Crippen molar-refractivity contribution in [2.75, 3.05) is 13.7 Å². The lowest BCUT2D eigenvalue weighted by Crippen LogP contribution is -2.53. The smallest absolute Gasteiger partial charge is 0.408 e. The molecular weight excluding hydrogens is 402 g/mol. The third-order valence-corrected chi connectivity index (χ3v) is 4.49. The predicted octanol–water partition coefficient (Wildman–Crippen LogP) is 1.68. The fourth-order valence-electron chi connectivity index (χ4n) is 2.89. The Bertz CT molecular complexity index is 723. The molecule has 9 heteroatoms. The molecule has 0 aromatic heterocycles. The molecule has 0 heterocycles. The molecule has 0 unspecified atom stereocenters. The van der Waals surface area contributed by atoms with Gasteiger partial charge in [-0.15, -0.1) is 0 Å². The number of hydrogen-bond acceptors (Lipinski definition) is 7. The Morgan fingerprint density at radius 1 is 1.00 bits per heavy atom. The van der Waals surface area contributed by atoms with Gasteiger partial charge >= 0.3 is 12.1 Å². The van der Waals surface area contributed by atoms with Crippen LogP contribution in [-0.2, 0) is 30.5 Å². The number of rotatable bonds is 13. The van der Waals surface area contributed by atoms with E-state index >= 15 is 0 Å². The first-order valence-electron chi connectivity index (χ1n) is 10.4. The summed E-state index contributed by atoms with van der Waals surface area (Å²) in [6, 6.07) is 7.15. The number of carbonyl (C=O) groups excluding carboxylic acids is 4. The maximum Gasteiger partial charge on any atom is 0.408 e. The molecule has 0 radical (unpaired) electrons. The van der Waals surface area contributed by atoms with Crippen molar-refractivity contribution in [3.8, 4) is 0 Å². The monoisotopic (exact) mass is 435 g/mol. The molecule has 9 nitrogen and oxygen atoms in total. The maximum atomic E-state index is 12.8. The van der Waals surface area contributed by atoms with Crippen molar-refractivity contribution >= 4 is 23.8 Å². The number of unbranched alkanes of at least 4 members (excludes halogenated alkanes) is 1. The van der Waals surface area contributed by atoms with E-state index in [1.165, 1.54) is 0 Å². The number of nitrogens with two attached hydrogens (primary N) is 1. The van der Waals surface area contributed by atoms with Gasteiger partial charge in [0, 0.05) is 0 Å². The Morgan fingerprint density at radius 3 is 2.26 bits per heavy atom. The molecule has 2 atom stereocenters. The number of esters is 1. The zero-order chi connectivity index (χ0) is 23.2. The fourth-order valence-corrected chi connectivity index (χ4v) is 2.89. The van der Waals surface area contributed by atoms with Crippen LogP contribution < -0.4 is 16.4 Å². The second-order valence-corrected chi connectivity index (χ2v) is 7.59. The lowest BCUT2D eigenvalue weighted by molar-refractivity contribution is -0.153. The first-order valence-corrected chi connectivity index (χ1v) is 10.4. The number of methoxy groups -OCH3 is 1. The summed E-state index contributed by atoms with van der Waals surface area (Å²) in [6.45, 7) is 4.23. The summed E-state index contributed by atoms with van der Waals surface area (Å²) >= 11 is 0. The second-order valence-electron chi connectivity index (χ2n) is 7.59. The van der Waals surface area contributed by atoms with E-state index in [1.54, 1.807) is 0 Å². The van der Waals surface area contributed by atoms with Gasteiger partial charge in [0.1, 0.15) is 12.6 Å². The van der Waals surface area contributed by atoms with Crippen LogP contribution >= 0.6 is 0 Å². The molecule has 4 N–H and O–H groups in total. The molecule has 0 fully saturated rings. The van der Waals surface area contributed by atoms with Gasteiger partial charge in [-0.05, 0) is 43.7 Å². The Morgan fingerprint density at radius 2 is 1.68 bits per heavy atom. The van der Waals surface area contributed by atoms with Crippen molar-refractivity contribution < 1.29 is 28.7 Å². The molecule has 1 aromatic carbocycles. The summed E-state index contributed by atoms with van der Waals surface area (Å²) in [7, 11) is 1.11. The minimum absolute atomic E-state index is 0.0402. The summed E-state index contributed by atoms with van der Waals surface area (Å²) < 4.78 is 9.68. The van der Waals surface area contributed by atoms with Crippen molar-refractivity contribution in [2.45, 2.75) is 58.2 Å². The Labute approximate surface area is 183 Å². The second kappa shape index (κ2) is 14.1. The number of nitrogens with one attached hydrogen (secondary N) is 2. The largest absolute Gasteiger partial charge is 0.463 e. The average molecular weight is 436 g/mol. The minimum atomic E-state index is -1.04. The number of ether oxygens (including phenoxy) is 2. The summed E-state index contributed by atoms with van der Waals surface area (Å²) in [6.07, 6.45) is 1.07. The molecule has 172 valence electrons. The Kier molecular flexibility index (Phi) is 11.9. The van der Waals surface area contributed by atoms with E-state index in [9.17, 15) is 19.2 Å². The van der Waals surface area contributed by atoms with Gasteiger partial charge in [0.05, 0.1) is 13.2 Å². The van der Waals surface area contributed by atoms with Crippen LogP contribution in [0.2, 0.25) is 0 Å². The molecule has 0 aliphatic rings. The maximum absolute atomic E-state index is 12.8. The normalized spacial score (nSPS) is 12.5. The molecule has 0 aliphatic carbocycles. The molecule has 0 saturated heterocycles. The molecule has 0 saturated carbocycles. The molecule has 31 heavy (non-hydrogen) atoms. The first-order chi connectivity index (χ1) is 14.8. The van der Waals surface area contributed by atoms with Gasteiger partial charge in [0.2, 0.25) is 5.91 Å². The Hall–Kier alpha value is -2.94. The van der Waals surface area contributed by atoms with Crippen LogP contribution in [0.25, 0.3) is 0 Å². The van der Waals surface area contributed by atoms with Crippen molar-refractivity contribution in [2.24, 2.45) is 11.7 Å². The highest BCUT2D eigenvalue weighted by Crippen LogP contribution is 2.09. The highest BCUT2D eigenvalue weighted by Gasteiger charge is 2.31. The topological polar surface area (TPSA) is 137 Å². The standard InChI is InChI=1S/C22H33N3O6/c1-15(2)13-18(19(26)21(28)30-3)24-20(27)17(11-7-8-12-23)25-22(29)31-14-16-9-5-4-6-10-16/h4-6,9-10,15,17-18H,7-8,11-14,23H2,1-3H3,(H,24,27)(H,25,29)/t17-,18-/m0/s1. The molecule has 0 spiro atoms. The number of carbonyl (C=O) groups is 4. The van der Waals surface area contributed by atoms with Gasteiger partial charge in [0.25, 0.3) is 5.78 Å². The number of benzene rings is 1. The third kappa shape index (κ3) is 10.1. The number of ketones is 1. The zero-order valence-corrected chi connectivity index (χ0v) is 18.4. The molecule has 1 rings (SSSR count). The van der Waals surface area contributed by atoms with Crippen LogP contribution in [0.4, 0.5) is 4.79 Å². The van der Waals surface area contributed by atoms with Crippen LogP contribution in [0.3, 0.4) is 0 Å². The SMILES string of the molecule is COC(=O)C(=O)[C@H](CC(C)C)NC(=O)[C@H](CCCCN)NC(=O)OCc1ccccc1. The van der Waals surface area contributed by atoms with E-state index in [2.05, 4.69) is 15.4 Å². The fraction of sp³-hybridized carbons (Fsp3) is 0.545. The molecule has 1 aromatic rings. The van der Waals surface area contributed by atoms with E-state index in [4.69, 9.17) is 10.5 Å². The van der Waals surface area contributed by atoms with Gasteiger partial charge in [0.15, 0.2) is 0 Å². The van der Waals surface area contributed by atoms with Crippen LogP contribution in [0, 0.1) is 5.92 Å². The number of Topliss-reactive ketones (excluding diaryl/α,β-unsaturated/α-hetero) is 1. The van der Waals surface area contributed by atoms with Crippen LogP contribution in [0.1, 0.15) is 45.1 Å². The van der Waals surface area contributed by atoms with E-state index in [-0.39, 0.29) is 18.9 Å². The van der Waals surface area contributed by atoms with E-state index in [1.807, 2.05) is 44.2 Å². The van der Waals surface area contributed by atoms with Crippen molar-refractivity contribution in [3.63, 3.8) is 0 Å². The lowest BCUT2D eigenvalue weighted by Gasteiger charge is -2.23. The van der Waals surface area contributed by atoms with E-state index in [0.29, 0.717) is 25.8 Å². The first kappa shape index (κ1) is 26.1. The van der Waals surface area contributed by atoms with Crippen LogP contribution in [0.5, 0.6) is 0 Å². The van der Waals surface area contributed by atoms with Gasteiger partial charge in [-0.2, -0.15) is 0 Å². The molecule has 2 amide bonds. The highest BCUT2D eigenvalue weighted by molar-refractivity contribution is 6.36. The molecular formula is C22H33N3O6. The van der Waals surface area contributed by atoms with Crippen molar-refractivity contribution in [3.05, 3.63) is 35.9 Å². The average Bonchev–Trinajstić information content (AvgIpc) is 2.75. The predicted molar refractivity (Wildman–Crippen MR) is 115 cm³/mol. The molecule has 0 bridgehead atoms. The third-order valence-electron chi connectivity index (χ3n) is 4.49. The van der Waals surface area contributed by atoms with Gasteiger partial charge in [-0.3, -0.25) is 9.59 Å². The van der Waals surface area contributed by atoms with Gasteiger partial charge in [-0.25, -0.2) is 9.59 Å². The molecule has 0 aliphatic heterocycles. The summed E-state index contributed by atoms with van der Waals surface area (Å²) in [5, 5.41) is 5.12.